The zero-order chi connectivity index (χ0) is 7.68. The third-order valence-electron chi connectivity index (χ3n) is 2.42. The van der Waals surface area contributed by atoms with Crippen LogP contribution in [-0.4, -0.2) is 19.2 Å². The van der Waals surface area contributed by atoms with E-state index >= 15 is 0 Å². The van der Waals surface area contributed by atoms with Gasteiger partial charge in [-0.15, -0.1) is 0 Å². The van der Waals surface area contributed by atoms with E-state index < -0.39 is 0 Å². The van der Waals surface area contributed by atoms with E-state index in [1.54, 1.807) is 0 Å². The van der Waals surface area contributed by atoms with E-state index in [-0.39, 0.29) is 6.41 Å². The minimum absolute atomic E-state index is 0.111. The summed E-state index contributed by atoms with van der Waals surface area (Å²) < 4.78 is 10.2. The highest BCUT2D eigenvalue weighted by atomic mass is 16.9. The SMILES string of the molecule is CC[C@@H](NC1OCO1)C1CC1. The molecule has 1 N–H and O–H groups in total. The zero-order valence-electron chi connectivity index (χ0n) is 6.88. The Morgan fingerprint density at radius 2 is 2.18 bits per heavy atom. The Morgan fingerprint density at radius 1 is 1.45 bits per heavy atom. The Balaban J connectivity index is 1.71. The molecule has 0 radical (unpaired) electrons. The van der Waals surface area contributed by atoms with Gasteiger partial charge in [-0.3, -0.25) is 5.32 Å². The van der Waals surface area contributed by atoms with Gasteiger partial charge in [0, 0.05) is 6.04 Å². The molecule has 1 atom stereocenters. The average Bonchev–Trinajstić information content (AvgIpc) is 2.68. The van der Waals surface area contributed by atoms with E-state index in [1.807, 2.05) is 0 Å². The van der Waals surface area contributed by atoms with Gasteiger partial charge in [-0.2, -0.15) is 0 Å². The van der Waals surface area contributed by atoms with Crippen LogP contribution in [0.25, 0.3) is 0 Å². The van der Waals surface area contributed by atoms with Crippen molar-refractivity contribution in [1.82, 2.24) is 5.32 Å². The summed E-state index contributed by atoms with van der Waals surface area (Å²) in [5, 5.41) is 3.32. The fraction of sp³-hybridized carbons (Fsp3) is 1.00. The molecule has 0 aromatic rings. The first-order chi connectivity index (χ1) is 5.40. The third kappa shape index (κ3) is 1.72. The normalized spacial score (nSPS) is 28.1. The van der Waals surface area contributed by atoms with Gasteiger partial charge in [0.25, 0.3) is 0 Å². The van der Waals surface area contributed by atoms with Gasteiger partial charge in [-0.1, -0.05) is 6.92 Å². The maximum absolute atomic E-state index is 5.11. The lowest BCUT2D eigenvalue weighted by molar-refractivity contribution is -0.336. The molecule has 64 valence electrons. The highest BCUT2D eigenvalue weighted by Crippen LogP contribution is 2.34. The van der Waals surface area contributed by atoms with Crippen LogP contribution < -0.4 is 5.32 Å². The molecule has 1 heterocycles. The molecule has 0 spiro atoms. The predicted molar refractivity (Wildman–Crippen MR) is 40.8 cm³/mol. The van der Waals surface area contributed by atoms with Crippen molar-refractivity contribution in [1.29, 1.82) is 0 Å². The Labute approximate surface area is 67.1 Å². The van der Waals surface area contributed by atoms with Gasteiger partial charge < -0.3 is 9.47 Å². The van der Waals surface area contributed by atoms with Crippen molar-refractivity contribution in [2.24, 2.45) is 5.92 Å². The lowest BCUT2D eigenvalue weighted by atomic mass is 10.1. The highest BCUT2D eigenvalue weighted by molar-refractivity contribution is 4.85. The van der Waals surface area contributed by atoms with Crippen LogP contribution in [0, 0.1) is 5.92 Å². The minimum atomic E-state index is -0.111. The zero-order valence-corrected chi connectivity index (χ0v) is 6.88. The smallest absolute Gasteiger partial charge is 0.220 e. The van der Waals surface area contributed by atoms with Gasteiger partial charge in [0.1, 0.15) is 0 Å². The first kappa shape index (κ1) is 7.53. The topological polar surface area (TPSA) is 30.5 Å². The molecule has 2 aliphatic rings. The monoisotopic (exact) mass is 157 g/mol. The number of hydrogen-bond acceptors (Lipinski definition) is 3. The van der Waals surface area contributed by atoms with Crippen molar-refractivity contribution in [3.63, 3.8) is 0 Å². The van der Waals surface area contributed by atoms with Crippen molar-refractivity contribution >= 4 is 0 Å². The Kier molecular flexibility index (Phi) is 2.11. The van der Waals surface area contributed by atoms with Crippen molar-refractivity contribution in [3.8, 4) is 0 Å². The number of hydrogen-bond donors (Lipinski definition) is 1. The molecule has 1 saturated carbocycles. The van der Waals surface area contributed by atoms with Gasteiger partial charge in [-0.05, 0) is 25.2 Å². The van der Waals surface area contributed by atoms with Crippen LogP contribution in [0.1, 0.15) is 26.2 Å². The molecular weight excluding hydrogens is 142 g/mol. The molecule has 3 nitrogen and oxygen atoms in total. The largest absolute Gasteiger partial charge is 0.313 e. The maximum atomic E-state index is 5.11. The summed E-state index contributed by atoms with van der Waals surface area (Å²) >= 11 is 0. The van der Waals surface area contributed by atoms with Gasteiger partial charge >= 0.3 is 0 Å². The summed E-state index contributed by atoms with van der Waals surface area (Å²) in [6.07, 6.45) is 3.81. The summed E-state index contributed by atoms with van der Waals surface area (Å²) in [7, 11) is 0. The first-order valence-electron chi connectivity index (χ1n) is 4.39. The third-order valence-corrected chi connectivity index (χ3v) is 2.42. The molecule has 0 unspecified atom stereocenters. The lowest BCUT2D eigenvalue weighted by Gasteiger charge is -2.31. The average molecular weight is 157 g/mol. The van der Waals surface area contributed by atoms with Crippen LogP contribution >= 0.6 is 0 Å². The summed E-state index contributed by atoms with van der Waals surface area (Å²) in [6.45, 7) is 2.66. The first-order valence-corrected chi connectivity index (χ1v) is 4.39. The molecule has 3 heteroatoms. The van der Waals surface area contributed by atoms with Crippen LogP contribution in [0.5, 0.6) is 0 Å². The Bertz CT molecular complexity index is 132. The molecule has 2 rings (SSSR count). The second kappa shape index (κ2) is 3.09. The van der Waals surface area contributed by atoms with Crippen molar-refractivity contribution in [2.75, 3.05) is 6.79 Å². The minimum Gasteiger partial charge on any atom is -0.313 e. The maximum Gasteiger partial charge on any atom is 0.220 e. The fourth-order valence-corrected chi connectivity index (χ4v) is 1.49. The molecule has 2 fully saturated rings. The molecule has 0 amide bonds. The quantitative estimate of drug-likeness (QED) is 0.661. The lowest BCUT2D eigenvalue weighted by Crippen LogP contribution is -2.48. The van der Waals surface area contributed by atoms with Crippen LogP contribution in [0.4, 0.5) is 0 Å². The van der Waals surface area contributed by atoms with E-state index in [1.165, 1.54) is 19.3 Å². The summed E-state index contributed by atoms with van der Waals surface area (Å²) in [4.78, 5) is 0. The van der Waals surface area contributed by atoms with E-state index in [0.29, 0.717) is 12.8 Å². The Hall–Kier alpha value is -0.120. The molecule has 1 aliphatic carbocycles. The van der Waals surface area contributed by atoms with Crippen LogP contribution in [-0.2, 0) is 9.47 Å². The van der Waals surface area contributed by atoms with E-state index in [0.717, 1.165) is 5.92 Å². The number of ether oxygens (including phenoxy) is 2. The molecular formula is C8H15NO2. The Morgan fingerprint density at radius 3 is 2.55 bits per heavy atom. The molecule has 11 heavy (non-hydrogen) atoms. The van der Waals surface area contributed by atoms with Gasteiger partial charge in [0.2, 0.25) is 6.41 Å². The standard InChI is InChI=1S/C8H15NO2/c1-2-7(6-3-4-6)9-8-10-5-11-8/h6-9H,2-5H2,1H3/t7-/m1/s1. The predicted octanol–water partition coefficient (Wildman–Crippen LogP) is 1.05. The molecule has 0 bridgehead atoms. The summed E-state index contributed by atoms with van der Waals surface area (Å²) in [5.74, 6) is 0.882. The van der Waals surface area contributed by atoms with Gasteiger partial charge in [0.05, 0.1) is 0 Å². The fourth-order valence-electron chi connectivity index (χ4n) is 1.49. The highest BCUT2D eigenvalue weighted by Gasteiger charge is 2.33. The van der Waals surface area contributed by atoms with Gasteiger partial charge in [0.15, 0.2) is 6.79 Å². The summed E-state index contributed by atoms with van der Waals surface area (Å²) in [6, 6.07) is 0.611. The molecule has 1 saturated heterocycles. The van der Waals surface area contributed by atoms with Crippen molar-refractivity contribution in [3.05, 3.63) is 0 Å². The number of rotatable bonds is 4. The molecule has 0 aromatic carbocycles. The van der Waals surface area contributed by atoms with Crippen molar-refractivity contribution < 1.29 is 9.47 Å². The van der Waals surface area contributed by atoms with Crippen LogP contribution in [0.2, 0.25) is 0 Å². The van der Waals surface area contributed by atoms with Crippen LogP contribution in [0.3, 0.4) is 0 Å². The van der Waals surface area contributed by atoms with Gasteiger partial charge in [-0.25, -0.2) is 0 Å². The van der Waals surface area contributed by atoms with E-state index in [9.17, 15) is 0 Å². The second-order valence-electron chi connectivity index (χ2n) is 3.30. The molecule has 0 aromatic heterocycles. The van der Waals surface area contributed by atoms with E-state index in [4.69, 9.17) is 9.47 Å². The number of nitrogens with one attached hydrogen (secondary N) is 1. The molecule has 1 aliphatic heterocycles. The summed E-state index contributed by atoms with van der Waals surface area (Å²) in [5.41, 5.74) is 0. The van der Waals surface area contributed by atoms with Crippen LogP contribution in [0.15, 0.2) is 0 Å². The van der Waals surface area contributed by atoms with E-state index in [2.05, 4.69) is 12.2 Å². The second-order valence-corrected chi connectivity index (χ2v) is 3.30. The van der Waals surface area contributed by atoms with Crippen molar-refractivity contribution in [2.45, 2.75) is 38.6 Å².